The third-order valence-corrected chi connectivity index (χ3v) is 5.54. The highest BCUT2D eigenvalue weighted by Gasteiger charge is 2.17. The van der Waals surface area contributed by atoms with Crippen LogP contribution in [0.15, 0.2) is 47.6 Å². The van der Waals surface area contributed by atoms with Crippen molar-refractivity contribution in [2.24, 2.45) is 0 Å². The zero-order valence-corrected chi connectivity index (χ0v) is 17.8. The molecule has 0 atom stereocenters. The van der Waals surface area contributed by atoms with Crippen LogP contribution in [0.4, 0.5) is 5.69 Å². The van der Waals surface area contributed by atoms with Crippen LogP contribution in [0.5, 0.6) is 5.75 Å². The molecular weight excluding hydrogens is 388 g/mol. The van der Waals surface area contributed by atoms with Crippen LogP contribution in [0, 0.1) is 24.0 Å². The summed E-state index contributed by atoms with van der Waals surface area (Å²) >= 11 is 1.56. The molecule has 8 heteroatoms. The maximum absolute atomic E-state index is 10.8. The molecule has 0 bridgehead atoms. The van der Waals surface area contributed by atoms with Gasteiger partial charge in [0, 0.05) is 23.9 Å². The summed E-state index contributed by atoms with van der Waals surface area (Å²) in [6, 6.07) is 12.8. The van der Waals surface area contributed by atoms with Crippen LogP contribution in [0.2, 0.25) is 0 Å². The summed E-state index contributed by atoms with van der Waals surface area (Å²) in [5, 5.41) is 20.3. The number of aromatic nitrogens is 3. The van der Waals surface area contributed by atoms with Gasteiger partial charge in [-0.05, 0) is 44.4 Å². The number of hydrogen-bond donors (Lipinski definition) is 0. The smallest absolute Gasteiger partial charge is 0.269 e. The molecule has 152 valence electrons. The van der Waals surface area contributed by atoms with Crippen LogP contribution < -0.4 is 4.74 Å². The van der Waals surface area contributed by atoms with Crippen LogP contribution >= 0.6 is 11.8 Å². The molecule has 29 heavy (non-hydrogen) atoms. The molecule has 1 aromatic heterocycles. The Morgan fingerprint density at radius 3 is 2.34 bits per heavy atom. The summed E-state index contributed by atoms with van der Waals surface area (Å²) in [6.07, 6.45) is 0. The number of benzene rings is 2. The highest BCUT2D eigenvalue weighted by molar-refractivity contribution is 7.98. The summed E-state index contributed by atoms with van der Waals surface area (Å²) in [5.74, 6) is 2.31. The van der Waals surface area contributed by atoms with E-state index in [0.717, 1.165) is 33.4 Å². The number of nitro groups is 1. The van der Waals surface area contributed by atoms with Gasteiger partial charge < -0.3 is 9.30 Å². The van der Waals surface area contributed by atoms with Crippen molar-refractivity contribution in [1.29, 1.82) is 0 Å². The van der Waals surface area contributed by atoms with Crippen molar-refractivity contribution in [2.45, 2.75) is 51.3 Å². The fraction of sp³-hybridized carbons (Fsp3) is 0.333. The van der Waals surface area contributed by atoms with E-state index in [-0.39, 0.29) is 11.7 Å². The molecule has 3 rings (SSSR count). The predicted octanol–water partition coefficient (Wildman–Crippen LogP) is 5.26. The minimum atomic E-state index is -0.394. The fourth-order valence-electron chi connectivity index (χ4n) is 3.05. The molecule has 7 nitrogen and oxygen atoms in total. The molecular formula is C21H24N4O3S. The summed E-state index contributed by atoms with van der Waals surface area (Å²) in [7, 11) is 0. The number of nitro benzene ring substituents is 1. The van der Waals surface area contributed by atoms with Crippen molar-refractivity contribution in [3.05, 3.63) is 75.1 Å². The van der Waals surface area contributed by atoms with Gasteiger partial charge in [0.2, 0.25) is 0 Å². The lowest BCUT2D eigenvalue weighted by Crippen LogP contribution is -2.11. The summed E-state index contributed by atoms with van der Waals surface area (Å²) < 4.78 is 8.13. The normalized spacial score (nSPS) is 11.1. The minimum absolute atomic E-state index is 0.0926. The monoisotopic (exact) mass is 412 g/mol. The topological polar surface area (TPSA) is 83.1 Å². The van der Waals surface area contributed by atoms with Gasteiger partial charge in [-0.1, -0.05) is 42.1 Å². The fourth-order valence-corrected chi connectivity index (χ4v) is 4.09. The maximum Gasteiger partial charge on any atom is 0.269 e. The van der Waals surface area contributed by atoms with Gasteiger partial charge in [-0.25, -0.2) is 0 Å². The molecule has 0 aliphatic rings. The standard InChI is InChI=1S/C21H24N4O3S/c1-14(2)24-19(12-28-20-15(3)6-5-7-16(20)4)22-23-21(24)29-13-17-8-10-18(11-9-17)25(26)27/h5-11,14H,12-13H2,1-4H3. The van der Waals surface area contributed by atoms with Crippen molar-refractivity contribution in [2.75, 3.05) is 0 Å². The minimum Gasteiger partial charge on any atom is -0.485 e. The Labute approximate surface area is 174 Å². The van der Waals surface area contributed by atoms with E-state index in [0.29, 0.717) is 12.4 Å². The average Bonchev–Trinajstić information content (AvgIpc) is 3.09. The SMILES string of the molecule is Cc1cccc(C)c1OCc1nnc(SCc2ccc([N+](=O)[O-])cc2)n1C(C)C. The molecule has 0 amide bonds. The third-order valence-electron chi connectivity index (χ3n) is 4.52. The number of non-ortho nitro benzene ring substituents is 1. The molecule has 0 spiro atoms. The van der Waals surface area contributed by atoms with Crippen LogP contribution in [0.1, 0.15) is 42.4 Å². The summed E-state index contributed by atoms with van der Waals surface area (Å²) in [6.45, 7) is 8.57. The number of para-hydroxylation sites is 1. The van der Waals surface area contributed by atoms with Crippen molar-refractivity contribution in [3.8, 4) is 5.75 Å². The lowest BCUT2D eigenvalue weighted by molar-refractivity contribution is -0.384. The van der Waals surface area contributed by atoms with Gasteiger partial charge in [-0.2, -0.15) is 0 Å². The average molecular weight is 413 g/mol. The first-order valence-corrected chi connectivity index (χ1v) is 10.3. The second kappa shape index (κ2) is 9.09. The second-order valence-electron chi connectivity index (χ2n) is 7.08. The molecule has 3 aromatic rings. The molecule has 0 radical (unpaired) electrons. The van der Waals surface area contributed by atoms with Crippen LogP contribution in [0.25, 0.3) is 0 Å². The van der Waals surface area contributed by atoms with Crippen molar-refractivity contribution in [3.63, 3.8) is 0 Å². The van der Waals surface area contributed by atoms with E-state index in [1.165, 1.54) is 12.1 Å². The first kappa shape index (κ1) is 20.9. The first-order valence-electron chi connectivity index (χ1n) is 9.35. The Bertz CT molecular complexity index is 979. The number of aryl methyl sites for hydroxylation is 2. The Morgan fingerprint density at radius 1 is 1.10 bits per heavy atom. The largest absolute Gasteiger partial charge is 0.485 e. The van der Waals surface area contributed by atoms with Crippen molar-refractivity contribution < 1.29 is 9.66 Å². The lowest BCUT2D eigenvalue weighted by atomic mass is 10.1. The Balaban J connectivity index is 1.72. The van der Waals surface area contributed by atoms with E-state index in [1.54, 1.807) is 23.9 Å². The van der Waals surface area contributed by atoms with Gasteiger partial charge in [0.1, 0.15) is 12.4 Å². The van der Waals surface area contributed by atoms with Gasteiger partial charge in [-0.15, -0.1) is 10.2 Å². The summed E-state index contributed by atoms with van der Waals surface area (Å²) in [5.41, 5.74) is 3.27. The molecule has 0 saturated heterocycles. The van der Waals surface area contributed by atoms with Crippen molar-refractivity contribution >= 4 is 17.4 Å². The van der Waals surface area contributed by atoms with Crippen molar-refractivity contribution in [1.82, 2.24) is 14.8 Å². The molecule has 0 unspecified atom stereocenters. The van der Waals surface area contributed by atoms with E-state index in [4.69, 9.17) is 4.74 Å². The Kier molecular flexibility index (Phi) is 6.53. The maximum atomic E-state index is 10.8. The molecule has 0 N–H and O–H groups in total. The zero-order valence-electron chi connectivity index (χ0n) is 17.0. The van der Waals surface area contributed by atoms with E-state index in [2.05, 4.69) is 28.6 Å². The van der Waals surface area contributed by atoms with Gasteiger partial charge in [-0.3, -0.25) is 10.1 Å². The molecule has 2 aromatic carbocycles. The van der Waals surface area contributed by atoms with Crippen LogP contribution in [-0.2, 0) is 12.4 Å². The van der Waals surface area contributed by atoms with Gasteiger partial charge in [0.15, 0.2) is 11.0 Å². The highest BCUT2D eigenvalue weighted by Crippen LogP contribution is 2.28. The first-order chi connectivity index (χ1) is 13.9. The third kappa shape index (κ3) is 4.95. The second-order valence-corrected chi connectivity index (χ2v) is 8.03. The molecule has 1 heterocycles. The number of nitrogens with zero attached hydrogens (tertiary/aromatic N) is 4. The number of rotatable bonds is 8. The van der Waals surface area contributed by atoms with E-state index < -0.39 is 4.92 Å². The Hall–Kier alpha value is -2.87. The number of hydrogen-bond acceptors (Lipinski definition) is 6. The molecule has 0 aliphatic carbocycles. The van der Waals surface area contributed by atoms with Crippen LogP contribution in [0.3, 0.4) is 0 Å². The van der Waals surface area contributed by atoms with Gasteiger partial charge >= 0.3 is 0 Å². The predicted molar refractivity (Wildman–Crippen MR) is 113 cm³/mol. The summed E-state index contributed by atoms with van der Waals surface area (Å²) in [4.78, 5) is 10.4. The van der Waals surface area contributed by atoms with E-state index in [9.17, 15) is 10.1 Å². The van der Waals surface area contributed by atoms with Crippen LogP contribution in [-0.4, -0.2) is 19.7 Å². The van der Waals surface area contributed by atoms with E-state index >= 15 is 0 Å². The lowest BCUT2D eigenvalue weighted by Gasteiger charge is -2.15. The molecule has 0 saturated carbocycles. The van der Waals surface area contributed by atoms with E-state index in [1.807, 2.05) is 32.0 Å². The number of ether oxygens (including phenoxy) is 1. The van der Waals surface area contributed by atoms with Gasteiger partial charge in [0.05, 0.1) is 4.92 Å². The zero-order chi connectivity index (χ0) is 21.0. The highest BCUT2D eigenvalue weighted by atomic mass is 32.2. The number of thioether (sulfide) groups is 1. The Morgan fingerprint density at radius 2 is 1.76 bits per heavy atom. The molecule has 0 aliphatic heterocycles. The van der Waals surface area contributed by atoms with Gasteiger partial charge in [0.25, 0.3) is 5.69 Å². The molecule has 0 fully saturated rings. The quantitative estimate of drug-likeness (QED) is 0.285.